The molecule has 0 bridgehead atoms. The molecule has 5 N–H and O–H groups in total. The van der Waals surface area contributed by atoms with E-state index in [1.165, 1.54) is 0 Å². The topological polar surface area (TPSA) is 93.5 Å². The van der Waals surface area contributed by atoms with E-state index in [4.69, 9.17) is 11.5 Å². The molecule has 6 heteroatoms. The van der Waals surface area contributed by atoms with E-state index in [1.54, 1.807) is 0 Å². The van der Waals surface area contributed by atoms with Crippen LogP contribution in [0.1, 0.15) is 18.4 Å². The van der Waals surface area contributed by atoms with Gasteiger partial charge in [0.25, 0.3) is 5.91 Å². The lowest BCUT2D eigenvalue weighted by Crippen LogP contribution is -2.40. The number of hydrogen-bond acceptors (Lipinski definition) is 4. The second-order valence-electron chi connectivity index (χ2n) is 4.91. The van der Waals surface area contributed by atoms with Gasteiger partial charge in [-0.15, -0.1) is 0 Å². The summed E-state index contributed by atoms with van der Waals surface area (Å²) in [6.45, 7) is 1.08. The Morgan fingerprint density at radius 3 is 3.05 bits per heavy atom. The molecule has 0 spiro atoms. The van der Waals surface area contributed by atoms with Gasteiger partial charge in [0.05, 0.1) is 5.69 Å². The van der Waals surface area contributed by atoms with E-state index in [0.717, 1.165) is 28.6 Å². The normalized spacial score (nSPS) is 14.7. The van der Waals surface area contributed by atoms with E-state index in [2.05, 4.69) is 26.2 Å². The highest BCUT2D eigenvalue weighted by atomic mass is 79.9. The fraction of sp³-hybridized carbons (Fsp3) is 0.429. The fourth-order valence-corrected chi connectivity index (χ4v) is 2.44. The van der Waals surface area contributed by atoms with Crippen molar-refractivity contribution in [2.24, 2.45) is 16.5 Å². The van der Waals surface area contributed by atoms with Crippen LogP contribution >= 0.6 is 15.9 Å². The summed E-state index contributed by atoms with van der Waals surface area (Å²) in [5.41, 5.74) is 13.8. The van der Waals surface area contributed by atoms with Gasteiger partial charge in [0, 0.05) is 23.5 Å². The fourth-order valence-electron chi connectivity index (χ4n) is 2.09. The van der Waals surface area contributed by atoms with Gasteiger partial charge in [-0.2, -0.15) is 0 Å². The van der Waals surface area contributed by atoms with Crippen LogP contribution < -0.4 is 16.8 Å². The van der Waals surface area contributed by atoms with Crippen molar-refractivity contribution in [1.82, 2.24) is 5.32 Å². The van der Waals surface area contributed by atoms with E-state index in [9.17, 15) is 4.79 Å². The number of aliphatic imine (C=N–C) groups is 1. The lowest BCUT2D eigenvalue weighted by Gasteiger charge is -2.11. The first-order valence-corrected chi connectivity index (χ1v) is 7.49. The number of halogens is 1. The highest BCUT2D eigenvalue weighted by molar-refractivity contribution is 9.10. The Bertz CT molecular complexity index is 530. The van der Waals surface area contributed by atoms with Crippen LogP contribution in [0.2, 0.25) is 0 Å². The zero-order valence-corrected chi connectivity index (χ0v) is 12.8. The van der Waals surface area contributed by atoms with Crippen molar-refractivity contribution < 1.29 is 4.79 Å². The van der Waals surface area contributed by atoms with Gasteiger partial charge in [0.15, 0.2) is 0 Å². The predicted molar refractivity (Wildman–Crippen MR) is 84.2 cm³/mol. The SMILES string of the molecule is NCCC[C@H](N)CNC(=O)C1=Nc2cc(Br)ccc2C1. The van der Waals surface area contributed by atoms with Gasteiger partial charge in [-0.3, -0.25) is 4.79 Å². The molecule has 1 aromatic rings. The maximum atomic E-state index is 12.0. The van der Waals surface area contributed by atoms with Gasteiger partial charge in [-0.05, 0) is 37.1 Å². The molecule has 1 aliphatic rings. The number of hydrogen-bond donors (Lipinski definition) is 3. The number of amides is 1. The molecule has 1 aromatic carbocycles. The van der Waals surface area contributed by atoms with Crippen LogP contribution in [0, 0.1) is 0 Å². The quantitative estimate of drug-likeness (QED) is 0.728. The summed E-state index contributed by atoms with van der Waals surface area (Å²) in [7, 11) is 0. The van der Waals surface area contributed by atoms with Crippen molar-refractivity contribution in [2.75, 3.05) is 13.1 Å². The lowest BCUT2D eigenvalue weighted by atomic mass is 10.1. The summed E-state index contributed by atoms with van der Waals surface area (Å²) in [5, 5.41) is 2.84. The second-order valence-corrected chi connectivity index (χ2v) is 5.82. The van der Waals surface area contributed by atoms with Crippen LogP contribution in [0.3, 0.4) is 0 Å². The minimum atomic E-state index is -0.138. The van der Waals surface area contributed by atoms with Gasteiger partial charge in [0.1, 0.15) is 5.71 Å². The molecule has 0 aliphatic carbocycles. The highest BCUT2D eigenvalue weighted by Crippen LogP contribution is 2.29. The molecule has 0 saturated carbocycles. The third kappa shape index (κ3) is 3.88. The summed E-state index contributed by atoms with van der Waals surface area (Å²) in [6, 6.07) is 5.80. The summed E-state index contributed by atoms with van der Waals surface area (Å²) in [4.78, 5) is 16.4. The third-order valence-electron chi connectivity index (χ3n) is 3.23. The van der Waals surface area contributed by atoms with Crippen LogP contribution in [0.25, 0.3) is 0 Å². The molecule has 0 radical (unpaired) electrons. The molecule has 0 fully saturated rings. The minimum absolute atomic E-state index is 0.0546. The largest absolute Gasteiger partial charge is 0.349 e. The zero-order chi connectivity index (χ0) is 14.5. The molecule has 108 valence electrons. The van der Waals surface area contributed by atoms with Crippen molar-refractivity contribution in [1.29, 1.82) is 0 Å². The minimum Gasteiger partial charge on any atom is -0.349 e. The molecule has 0 unspecified atom stereocenters. The number of nitrogens with one attached hydrogen (secondary N) is 1. The van der Waals surface area contributed by atoms with E-state index in [-0.39, 0.29) is 11.9 Å². The molecule has 2 rings (SSSR count). The van der Waals surface area contributed by atoms with E-state index in [1.807, 2.05) is 18.2 Å². The Morgan fingerprint density at radius 2 is 2.30 bits per heavy atom. The number of nitrogens with two attached hydrogens (primary N) is 2. The van der Waals surface area contributed by atoms with Crippen molar-refractivity contribution in [3.63, 3.8) is 0 Å². The van der Waals surface area contributed by atoms with Gasteiger partial charge < -0.3 is 16.8 Å². The number of rotatable bonds is 6. The average molecular weight is 339 g/mol. The van der Waals surface area contributed by atoms with Crippen molar-refractivity contribution in [2.45, 2.75) is 25.3 Å². The molecular weight excluding hydrogens is 320 g/mol. The zero-order valence-electron chi connectivity index (χ0n) is 11.2. The van der Waals surface area contributed by atoms with Gasteiger partial charge in [-0.25, -0.2) is 4.99 Å². The first-order valence-electron chi connectivity index (χ1n) is 6.70. The molecule has 1 heterocycles. The molecule has 1 amide bonds. The summed E-state index contributed by atoms with van der Waals surface area (Å²) < 4.78 is 0.963. The molecule has 1 aliphatic heterocycles. The Labute approximate surface area is 126 Å². The predicted octanol–water partition coefficient (Wildman–Crippen LogP) is 1.26. The lowest BCUT2D eigenvalue weighted by molar-refractivity contribution is -0.114. The molecule has 0 saturated heterocycles. The number of benzene rings is 1. The number of carbonyl (C=O) groups is 1. The molecule has 20 heavy (non-hydrogen) atoms. The van der Waals surface area contributed by atoms with Crippen molar-refractivity contribution in [3.05, 3.63) is 28.2 Å². The molecule has 1 atom stereocenters. The first kappa shape index (κ1) is 15.2. The van der Waals surface area contributed by atoms with Crippen LogP contribution in [0.5, 0.6) is 0 Å². The number of nitrogens with zero attached hydrogens (tertiary/aromatic N) is 1. The Balaban J connectivity index is 1.87. The summed E-state index contributed by atoms with van der Waals surface area (Å²) in [6.07, 6.45) is 2.26. The van der Waals surface area contributed by atoms with Crippen LogP contribution in [-0.2, 0) is 11.2 Å². The summed E-state index contributed by atoms with van der Waals surface area (Å²) >= 11 is 3.40. The second kappa shape index (κ2) is 6.97. The monoisotopic (exact) mass is 338 g/mol. The standard InChI is InChI=1S/C14H19BrN4O/c15-10-4-3-9-6-13(19-12(9)7-10)14(20)18-8-11(17)2-1-5-16/h3-4,7,11H,1-2,5-6,8,16-17H2,(H,18,20)/t11-/m0/s1. The third-order valence-corrected chi connectivity index (χ3v) is 3.72. The van der Waals surface area contributed by atoms with Gasteiger partial charge >= 0.3 is 0 Å². The average Bonchev–Trinajstić information content (AvgIpc) is 2.85. The Hall–Kier alpha value is -1.24. The van der Waals surface area contributed by atoms with E-state index < -0.39 is 0 Å². The number of carbonyl (C=O) groups excluding carboxylic acids is 1. The summed E-state index contributed by atoms with van der Waals surface area (Å²) in [5.74, 6) is -0.138. The van der Waals surface area contributed by atoms with E-state index >= 15 is 0 Å². The van der Waals surface area contributed by atoms with Gasteiger partial charge in [-0.1, -0.05) is 22.0 Å². The first-order chi connectivity index (χ1) is 9.60. The maximum absolute atomic E-state index is 12.0. The van der Waals surface area contributed by atoms with Crippen molar-refractivity contribution in [3.8, 4) is 0 Å². The van der Waals surface area contributed by atoms with Crippen molar-refractivity contribution >= 4 is 33.2 Å². The Morgan fingerprint density at radius 1 is 1.50 bits per heavy atom. The van der Waals surface area contributed by atoms with Crippen LogP contribution in [0.4, 0.5) is 5.69 Å². The molecule has 0 aromatic heterocycles. The van der Waals surface area contributed by atoms with Gasteiger partial charge in [0.2, 0.25) is 0 Å². The highest BCUT2D eigenvalue weighted by Gasteiger charge is 2.20. The smallest absolute Gasteiger partial charge is 0.266 e. The van der Waals surface area contributed by atoms with Crippen LogP contribution in [0.15, 0.2) is 27.7 Å². The molecular formula is C14H19BrN4O. The maximum Gasteiger partial charge on any atom is 0.266 e. The Kier molecular flexibility index (Phi) is 5.28. The van der Waals surface area contributed by atoms with Crippen LogP contribution in [-0.4, -0.2) is 30.8 Å². The molecule has 5 nitrogen and oxygen atoms in total. The number of fused-ring (bicyclic) bond motifs is 1. The van der Waals surface area contributed by atoms with E-state index in [0.29, 0.717) is 25.2 Å².